The summed E-state index contributed by atoms with van der Waals surface area (Å²) in [4.78, 5) is 13.8. The fourth-order valence-corrected chi connectivity index (χ4v) is 3.72. The Labute approximate surface area is 191 Å². The van der Waals surface area contributed by atoms with Crippen LogP contribution in [0.3, 0.4) is 0 Å². The van der Waals surface area contributed by atoms with Crippen LogP contribution in [0.1, 0.15) is 24.0 Å². The molecule has 2 aromatic rings. The van der Waals surface area contributed by atoms with Crippen LogP contribution in [-0.2, 0) is 4.79 Å². The van der Waals surface area contributed by atoms with E-state index in [0.29, 0.717) is 35.2 Å². The molecule has 8 nitrogen and oxygen atoms in total. The molecule has 0 aliphatic carbocycles. The van der Waals surface area contributed by atoms with Gasteiger partial charge in [0.25, 0.3) is 5.91 Å². The minimum atomic E-state index is -0.819. The van der Waals surface area contributed by atoms with Crippen molar-refractivity contribution in [2.75, 3.05) is 13.1 Å². The number of primary amides is 1. The number of ether oxygens (including phenoxy) is 1. The number of aryl methyl sites for hydroxylation is 1. The maximum atomic E-state index is 12.2. The highest BCUT2D eigenvalue weighted by Crippen LogP contribution is 2.32. The Morgan fingerprint density at radius 1 is 1.31 bits per heavy atom. The molecule has 1 unspecified atom stereocenters. The zero-order valence-electron chi connectivity index (χ0n) is 17.7. The van der Waals surface area contributed by atoms with Crippen LogP contribution >= 0.6 is 11.6 Å². The number of nitrogens with zero attached hydrogens (tertiary/aromatic N) is 2. The second-order valence-electron chi connectivity index (χ2n) is 7.57. The lowest BCUT2D eigenvalue weighted by Crippen LogP contribution is -2.46. The van der Waals surface area contributed by atoms with Crippen molar-refractivity contribution in [3.8, 4) is 17.7 Å². The third kappa shape index (κ3) is 5.31. The highest BCUT2D eigenvalue weighted by Gasteiger charge is 2.23. The van der Waals surface area contributed by atoms with Gasteiger partial charge in [0.2, 0.25) is 0 Å². The molecule has 1 amide bonds. The van der Waals surface area contributed by atoms with Gasteiger partial charge in [-0.15, -0.1) is 0 Å². The summed E-state index contributed by atoms with van der Waals surface area (Å²) in [5.41, 5.74) is 12.8. The molecule has 0 spiro atoms. The monoisotopic (exact) mass is 452 g/mol. The fourth-order valence-electron chi connectivity index (χ4n) is 3.55. The van der Waals surface area contributed by atoms with Gasteiger partial charge in [0.15, 0.2) is 6.19 Å². The fraction of sp³-hybridized carbons (Fsp3) is 0.261. The number of likely N-dealkylation sites (tertiary alicyclic amines) is 1. The molecular weight excluding hydrogens is 428 g/mol. The molecule has 1 saturated heterocycles. The number of nitriles is 1. The maximum Gasteiger partial charge on any atom is 0.254 e. The molecule has 3 rings (SSSR count). The van der Waals surface area contributed by atoms with Crippen LogP contribution in [0.15, 0.2) is 53.9 Å². The van der Waals surface area contributed by atoms with Crippen molar-refractivity contribution in [2.45, 2.75) is 25.8 Å². The molecule has 1 fully saturated rings. The van der Waals surface area contributed by atoms with Crippen molar-refractivity contribution in [3.63, 3.8) is 0 Å². The van der Waals surface area contributed by atoms with E-state index in [1.807, 2.05) is 19.1 Å². The average Bonchev–Trinajstić information content (AvgIpc) is 2.77. The van der Waals surface area contributed by atoms with E-state index in [2.05, 4.69) is 11.5 Å². The molecule has 166 valence electrons. The lowest BCUT2D eigenvalue weighted by molar-refractivity contribution is -0.114. The van der Waals surface area contributed by atoms with E-state index < -0.39 is 5.91 Å². The van der Waals surface area contributed by atoms with Crippen molar-refractivity contribution in [2.24, 2.45) is 11.5 Å². The molecule has 1 aliphatic heterocycles. The summed E-state index contributed by atoms with van der Waals surface area (Å²) in [5, 5.41) is 21.2. The molecular formula is C23H25ClN6O2. The standard InChI is InChI=1S/C23H25ClN6O2/c1-14-5-2-9-18(20(14)24)32-17-8-3-6-15(11-17)21(26)19(23(28)31)22(27)29-16-7-4-10-30(12-16)13-25/h2-3,5-6,8-9,11,16,26,29H,4,7,10,12,27H2,1H3,(H2,28,31)/b22-19+,26-21?. The Balaban J connectivity index is 1.84. The van der Waals surface area contributed by atoms with Crippen LogP contribution in [0.4, 0.5) is 0 Å². The average molecular weight is 453 g/mol. The molecule has 1 atom stereocenters. The predicted molar refractivity (Wildman–Crippen MR) is 123 cm³/mol. The number of nitrogens with one attached hydrogen (secondary N) is 2. The normalized spacial score (nSPS) is 16.5. The van der Waals surface area contributed by atoms with Crippen molar-refractivity contribution < 1.29 is 9.53 Å². The van der Waals surface area contributed by atoms with Crippen LogP contribution in [0.5, 0.6) is 11.5 Å². The van der Waals surface area contributed by atoms with Gasteiger partial charge < -0.3 is 26.4 Å². The summed E-state index contributed by atoms with van der Waals surface area (Å²) in [7, 11) is 0. The SMILES string of the molecule is Cc1cccc(Oc2cccc(C(=N)/C(C(N)=O)=C(/N)NC3CCCN(C#N)C3)c2)c1Cl. The second-order valence-corrected chi connectivity index (χ2v) is 7.95. The first-order valence-electron chi connectivity index (χ1n) is 10.1. The third-order valence-electron chi connectivity index (χ3n) is 5.20. The smallest absolute Gasteiger partial charge is 0.254 e. The zero-order valence-corrected chi connectivity index (χ0v) is 18.4. The van der Waals surface area contributed by atoms with Gasteiger partial charge in [0.05, 0.1) is 10.7 Å². The molecule has 32 heavy (non-hydrogen) atoms. The molecule has 0 bridgehead atoms. The second kappa shape index (κ2) is 10.1. The van der Waals surface area contributed by atoms with Crippen molar-refractivity contribution in [1.29, 1.82) is 10.7 Å². The summed E-state index contributed by atoms with van der Waals surface area (Å²) in [6, 6.07) is 12.1. The maximum absolute atomic E-state index is 12.2. The highest BCUT2D eigenvalue weighted by molar-refractivity contribution is 6.32. The lowest BCUT2D eigenvalue weighted by Gasteiger charge is -2.30. The van der Waals surface area contributed by atoms with Crippen LogP contribution in [0.2, 0.25) is 5.02 Å². The number of hydrogen-bond acceptors (Lipinski definition) is 7. The van der Waals surface area contributed by atoms with Crippen LogP contribution in [-0.4, -0.2) is 35.7 Å². The topological polar surface area (TPSA) is 141 Å². The molecule has 0 radical (unpaired) electrons. The van der Waals surface area contributed by atoms with Gasteiger partial charge in [-0.25, -0.2) is 0 Å². The number of halogens is 1. The van der Waals surface area contributed by atoms with E-state index >= 15 is 0 Å². The van der Waals surface area contributed by atoms with Gasteiger partial charge in [-0.2, -0.15) is 5.26 Å². The number of carbonyl (C=O) groups excluding carboxylic acids is 1. The molecule has 0 saturated carbocycles. The quantitative estimate of drug-likeness (QED) is 0.289. The first kappa shape index (κ1) is 23.0. The number of nitrogens with two attached hydrogens (primary N) is 2. The molecule has 1 heterocycles. The number of hydrogen-bond donors (Lipinski definition) is 4. The molecule has 9 heteroatoms. The van der Waals surface area contributed by atoms with Crippen LogP contribution in [0, 0.1) is 23.8 Å². The van der Waals surface area contributed by atoms with Crippen LogP contribution in [0.25, 0.3) is 0 Å². The summed E-state index contributed by atoms with van der Waals surface area (Å²) < 4.78 is 5.88. The summed E-state index contributed by atoms with van der Waals surface area (Å²) in [6.45, 7) is 3.04. The largest absolute Gasteiger partial charge is 0.456 e. The van der Waals surface area contributed by atoms with E-state index in [0.717, 1.165) is 18.4 Å². The van der Waals surface area contributed by atoms with Gasteiger partial charge in [-0.3, -0.25) is 10.2 Å². The Bertz CT molecular complexity index is 1110. The van der Waals surface area contributed by atoms with Gasteiger partial charge in [-0.1, -0.05) is 35.9 Å². The molecule has 6 N–H and O–H groups in total. The molecule has 0 aromatic heterocycles. The number of amides is 1. The summed E-state index contributed by atoms with van der Waals surface area (Å²) in [5.74, 6) is 0.134. The number of benzene rings is 2. The van der Waals surface area contributed by atoms with E-state index in [9.17, 15) is 4.79 Å². The van der Waals surface area contributed by atoms with Crippen LogP contribution < -0.4 is 21.5 Å². The Kier molecular flexibility index (Phi) is 7.23. The molecule has 2 aromatic carbocycles. The number of carbonyl (C=O) groups is 1. The lowest BCUT2D eigenvalue weighted by atomic mass is 10.0. The first-order chi connectivity index (χ1) is 15.3. The third-order valence-corrected chi connectivity index (χ3v) is 5.68. The summed E-state index contributed by atoms with van der Waals surface area (Å²) in [6.07, 6.45) is 3.73. The Hall–Kier alpha value is -3.70. The molecule has 1 aliphatic rings. The van der Waals surface area contributed by atoms with Crippen molar-refractivity contribution in [1.82, 2.24) is 10.2 Å². The summed E-state index contributed by atoms with van der Waals surface area (Å²) >= 11 is 6.31. The number of rotatable bonds is 7. The Morgan fingerprint density at radius 2 is 2.06 bits per heavy atom. The highest BCUT2D eigenvalue weighted by atomic mass is 35.5. The van der Waals surface area contributed by atoms with E-state index in [1.165, 1.54) is 0 Å². The van der Waals surface area contributed by atoms with E-state index in [4.69, 9.17) is 38.5 Å². The minimum absolute atomic E-state index is 0.0142. The van der Waals surface area contributed by atoms with Gasteiger partial charge >= 0.3 is 0 Å². The zero-order chi connectivity index (χ0) is 23.3. The van der Waals surface area contributed by atoms with Gasteiger partial charge in [0, 0.05) is 24.7 Å². The van der Waals surface area contributed by atoms with Gasteiger partial charge in [0.1, 0.15) is 22.9 Å². The number of piperidine rings is 1. The van der Waals surface area contributed by atoms with Crippen molar-refractivity contribution >= 4 is 23.2 Å². The predicted octanol–water partition coefficient (Wildman–Crippen LogP) is 3.00. The van der Waals surface area contributed by atoms with E-state index in [1.54, 1.807) is 35.2 Å². The minimum Gasteiger partial charge on any atom is -0.456 e. The van der Waals surface area contributed by atoms with Gasteiger partial charge in [-0.05, 0) is 43.5 Å². The Morgan fingerprint density at radius 3 is 2.78 bits per heavy atom. The van der Waals surface area contributed by atoms with E-state index in [-0.39, 0.29) is 23.1 Å². The van der Waals surface area contributed by atoms with Crippen molar-refractivity contribution in [3.05, 3.63) is 70.0 Å². The first-order valence-corrected chi connectivity index (χ1v) is 10.5.